The molecule has 0 unspecified atom stereocenters. The first kappa shape index (κ1) is 19.3. The number of aromatic nitrogens is 2. The van der Waals surface area contributed by atoms with Crippen LogP contribution in [-0.4, -0.2) is 62.7 Å². The van der Waals surface area contributed by atoms with Crippen molar-refractivity contribution in [3.63, 3.8) is 0 Å². The normalized spacial score (nSPS) is 19.4. The molecule has 1 saturated carbocycles. The summed E-state index contributed by atoms with van der Waals surface area (Å²) < 4.78 is 7.28. The molecule has 1 atom stereocenters. The third-order valence-electron chi connectivity index (χ3n) is 5.82. The lowest BCUT2D eigenvalue weighted by Gasteiger charge is -2.27. The molecule has 1 aliphatic heterocycles. The van der Waals surface area contributed by atoms with E-state index in [0.29, 0.717) is 25.3 Å². The van der Waals surface area contributed by atoms with Gasteiger partial charge >= 0.3 is 0 Å². The van der Waals surface area contributed by atoms with E-state index in [1.165, 1.54) is 12.1 Å². The number of nitrogens with zero attached hydrogens (tertiary/aromatic N) is 4. The Bertz CT molecular complexity index is 904. The first-order valence-corrected chi connectivity index (χ1v) is 9.79. The minimum atomic E-state index is -0.449. The average Bonchev–Trinajstić information content (AvgIpc) is 3.15. The molecule has 29 heavy (non-hydrogen) atoms. The molecule has 4 rings (SSSR count). The third kappa shape index (κ3) is 4.21. The zero-order valence-electron chi connectivity index (χ0n) is 16.7. The van der Waals surface area contributed by atoms with Gasteiger partial charge in [-0.05, 0) is 48.9 Å². The fourth-order valence-electron chi connectivity index (χ4n) is 4.01. The molecule has 2 aromatic rings. The van der Waals surface area contributed by atoms with Crippen molar-refractivity contribution in [2.24, 2.45) is 12.5 Å². The van der Waals surface area contributed by atoms with Crippen LogP contribution in [0.1, 0.15) is 24.8 Å². The van der Waals surface area contributed by atoms with Crippen LogP contribution in [0.2, 0.25) is 0 Å². The zero-order valence-corrected chi connectivity index (χ0v) is 16.7. The maximum atomic E-state index is 13.1. The third-order valence-corrected chi connectivity index (χ3v) is 5.82. The van der Waals surface area contributed by atoms with Gasteiger partial charge in [0.05, 0.1) is 6.20 Å². The number of hydrogen-bond donors (Lipinski definition) is 1. The Morgan fingerprint density at radius 2 is 2.03 bits per heavy atom. The van der Waals surface area contributed by atoms with Gasteiger partial charge in [0.2, 0.25) is 5.91 Å². The van der Waals surface area contributed by atoms with Crippen LogP contribution < -0.4 is 4.74 Å². The number of likely N-dealkylation sites (N-methyl/N-ethyl adjacent to an activating group) is 1. The lowest BCUT2D eigenvalue weighted by molar-refractivity contribution is -0.144. The van der Waals surface area contributed by atoms with Crippen LogP contribution in [0, 0.1) is 5.41 Å². The summed E-state index contributed by atoms with van der Waals surface area (Å²) in [5.74, 6) is 0.417. The summed E-state index contributed by atoms with van der Waals surface area (Å²) in [6.45, 7) is 0.946. The van der Waals surface area contributed by atoms with Gasteiger partial charge in [0.25, 0.3) is 5.91 Å². The molecule has 1 spiro atoms. The highest BCUT2D eigenvalue weighted by molar-refractivity contribution is 5.89. The largest absolute Gasteiger partial charge is 0.508 e. The summed E-state index contributed by atoms with van der Waals surface area (Å²) in [4.78, 5) is 29.4. The summed E-state index contributed by atoms with van der Waals surface area (Å²) in [6, 6.07) is 5.79. The number of phenols is 1. The topological polar surface area (TPSA) is 87.9 Å². The predicted molar refractivity (Wildman–Crippen MR) is 105 cm³/mol. The molecular weight excluding hydrogens is 372 g/mol. The molecule has 2 fully saturated rings. The Morgan fingerprint density at radius 3 is 2.66 bits per heavy atom. The van der Waals surface area contributed by atoms with E-state index < -0.39 is 6.04 Å². The van der Waals surface area contributed by atoms with Crippen molar-refractivity contribution in [1.29, 1.82) is 0 Å². The van der Waals surface area contributed by atoms with E-state index in [1.54, 1.807) is 39.9 Å². The minimum absolute atomic E-state index is 0.0457. The van der Waals surface area contributed by atoms with E-state index in [-0.39, 0.29) is 29.6 Å². The second-order valence-electron chi connectivity index (χ2n) is 8.24. The zero-order chi connectivity index (χ0) is 20.6. The number of carbonyl (C=O) groups excluding carboxylic acids is 2. The number of aryl methyl sites for hydroxylation is 1. The first-order valence-electron chi connectivity index (χ1n) is 9.79. The van der Waals surface area contributed by atoms with Crippen molar-refractivity contribution in [3.05, 3.63) is 42.2 Å². The monoisotopic (exact) mass is 398 g/mol. The van der Waals surface area contributed by atoms with Crippen molar-refractivity contribution >= 4 is 11.8 Å². The number of amides is 2. The summed E-state index contributed by atoms with van der Waals surface area (Å²) in [7, 11) is 3.61. The molecule has 1 aliphatic carbocycles. The molecule has 2 aliphatic rings. The highest BCUT2D eigenvalue weighted by atomic mass is 16.5. The van der Waals surface area contributed by atoms with E-state index in [1.807, 2.05) is 13.2 Å². The van der Waals surface area contributed by atoms with E-state index in [9.17, 15) is 14.7 Å². The quantitative estimate of drug-likeness (QED) is 0.798. The minimum Gasteiger partial charge on any atom is -0.508 e. The molecule has 2 heterocycles. The number of rotatable bonds is 6. The Morgan fingerprint density at radius 1 is 1.31 bits per heavy atom. The second kappa shape index (κ2) is 7.42. The van der Waals surface area contributed by atoms with Crippen LogP contribution in [0.15, 0.2) is 36.7 Å². The fourth-order valence-corrected chi connectivity index (χ4v) is 4.01. The Hall–Kier alpha value is -3.03. The molecule has 1 aromatic heterocycles. The van der Waals surface area contributed by atoms with Crippen molar-refractivity contribution in [2.75, 3.05) is 20.2 Å². The Labute approximate surface area is 169 Å². The summed E-state index contributed by atoms with van der Waals surface area (Å²) in [6.07, 6.45) is 6.47. The lowest BCUT2D eigenvalue weighted by atomic mass is 10.0. The number of likely N-dealkylation sites (tertiary alicyclic amines) is 1. The second-order valence-corrected chi connectivity index (χ2v) is 8.24. The number of hydrogen-bond acceptors (Lipinski definition) is 5. The number of phenolic OH excluding ortho intramolecular Hbond substituents is 1. The fraction of sp³-hybridized carbons (Fsp3) is 0.476. The van der Waals surface area contributed by atoms with E-state index in [0.717, 1.165) is 18.4 Å². The van der Waals surface area contributed by atoms with Gasteiger partial charge in [0.1, 0.15) is 17.5 Å². The van der Waals surface area contributed by atoms with E-state index >= 15 is 0 Å². The van der Waals surface area contributed by atoms with Crippen molar-refractivity contribution in [1.82, 2.24) is 19.6 Å². The van der Waals surface area contributed by atoms with Gasteiger partial charge in [-0.25, -0.2) is 0 Å². The molecule has 8 nitrogen and oxygen atoms in total. The van der Waals surface area contributed by atoms with Gasteiger partial charge < -0.3 is 19.6 Å². The SMILES string of the molecule is CN(Cc1cnn(C)c1)C(=O)[C@H]1CC2(CC2)CN1C(=O)COc1ccc(O)cc1. The van der Waals surface area contributed by atoms with Crippen LogP contribution in [-0.2, 0) is 23.2 Å². The van der Waals surface area contributed by atoms with Crippen LogP contribution in [0.3, 0.4) is 0 Å². The van der Waals surface area contributed by atoms with Gasteiger partial charge in [-0.3, -0.25) is 14.3 Å². The van der Waals surface area contributed by atoms with Crippen LogP contribution in [0.5, 0.6) is 11.5 Å². The predicted octanol–water partition coefficient (Wildman–Crippen LogP) is 1.54. The average molecular weight is 398 g/mol. The van der Waals surface area contributed by atoms with Crippen molar-refractivity contribution in [3.8, 4) is 11.5 Å². The van der Waals surface area contributed by atoms with Gasteiger partial charge in [-0.15, -0.1) is 0 Å². The summed E-state index contributed by atoms with van der Waals surface area (Å²) >= 11 is 0. The van der Waals surface area contributed by atoms with Crippen molar-refractivity contribution < 1.29 is 19.4 Å². The van der Waals surface area contributed by atoms with E-state index in [2.05, 4.69) is 5.10 Å². The van der Waals surface area contributed by atoms with Crippen LogP contribution >= 0.6 is 0 Å². The molecule has 1 aromatic carbocycles. The molecule has 8 heteroatoms. The number of carbonyl (C=O) groups is 2. The number of benzene rings is 1. The van der Waals surface area contributed by atoms with Crippen LogP contribution in [0.4, 0.5) is 0 Å². The number of aromatic hydroxyl groups is 1. The summed E-state index contributed by atoms with van der Waals surface area (Å²) in [5, 5.41) is 13.5. The molecule has 0 radical (unpaired) electrons. The van der Waals surface area contributed by atoms with Gasteiger partial charge in [0.15, 0.2) is 6.61 Å². The smallest absolute Gasteiger partial charge is 0.261 e. The number of ether oxygens (including phenoxy) is 1. The maximum absolute atomic E-state index is 13.1. The van der Waals surface area contributed by atoms with E-state index in [4.69, 9.17) is 4.74 Å². The highest BCUT2D eigenvalue weighted by Crippen LogP contribution is 2.55. The van der Waals surface area contributed by atoms with Gasteiger partial charge in [-0.2, -0.15) is 5.10 Å². The highest BCUT2D eigenvalue weighted by Gasteiger charge is 2.55. The molecule has 154 valence electrons. The van der Waals surface area contributed by atoms with Gasteiger partial charge in [0, 0.05) is 38.9 Å². The standard InChI is InChI=1S/C21H26N4O4/c1-23(11-15-10-22-24(2)12-15)20(28)18-9-21(7-8-21)14-25(18)19(27)13-29-17-5-3-16(26)4-6-17/h3-6,10,12,18,26H,7-9,11,13-14H2,1-2H3/t18-/m1/s1. The molecule has 1 N–H and O–H groups in total. The molecular formula is C21H26N4O4. The van der Waals surface area contributed by atoms with Crippen molar-refractivity contribution in [2.45, 2.75) is 31.8 Å². The van der Waals surface area contributed by atoms with Gasteiger partial charge in [-0.1, -0.05) is 0 Å². The maximum Gasteiger partial charge on any atom is 0.261 e. The lowest BCUT2D eigenvalue weighted by Crippen LogP contribution is -2.47. The molecule has 2 amide bonds. The Kier molecular flexibility index (Phi) is 4.94. The van der Waals surface area contributed by atoms with Crippen LogP contribution in [0.25, 0.3) is 0 Å². The first-order chi connectivity index (χ1) is 13.8. The Balaban J connectivity index is 1.41. The molecule has 0 bridgehead atoms. The summed E-state index contributed by atoms with van der Waals surface area (Å²) in [5.41, 5.74) is 1.06. The molecule has 1 saturated heterocycles.